The molecule has 2 amide bonds. The molecule has 0 aliphatic rings. The Hall–Kier alpha value is -1.83. The number of primary amides is 1. The zero-order valence-corrected chi connectivity index (χ0v) is 12.5. The van der Waals surface area contributed by atoms with Gasteiger partial charge in [0.05, 0.1) is 6.42 Å². The molecule has 1 heterocycles. The fourth-order valence-electron chi connectivity index (χ4n) is 1.72. The number of hydrogen-bond acceptors (Lipinski definition) is 3. The second kappa shape index (κ2) is 7.09. The van der Waals surface area contributed by atoms with Gasteiger partial charge in [0.25, 0.3) is 5.91 Å². The van der Waals surface area contributed by atoms with Gasteiger partial charge < -0.3 is 20.7 Å². The van der Waals surface area contributed by atoms with Crippen LogP contribution in [0.25, 0.3) is 0 Å². The maximum Gasteiger partial charge on any atom is 0.326 e. The second-order valence-corrected chi connectivity index (χ2v) is 5.19. The topological polar surface area (TPSA) is 114 Å². The minimum Gasteiger partial charge on any atom is -0.480 e. The molecule has 0 aliphatic heterocycles. The van der Waals surface area contributed by atoms with E-state index in [0.717, 1.165) is 10.9 Å². The van der Waals surface area contributed by atoms with Crippen molar-refractivity contribution in [2.75, 3.05) is 0 Å². The van der Waals surface area contributed by atoms with E-state index in [2.05, 4.69) is 21.2 Å². The smallest absolute Gasteiger partial charge is 0.326 e. The Morgan fingerprint density at radius 3 is 2.65 bits per heavy atom. The molecule has 0 fully saturated rings. The lowest BCUT2D eigenvalue weighted by molar-refractivity contribution is -0.140. The lowest BCUT2D eigenvalue weighted by Crippen LogP contribution is -2.43. The highest BCUT2D eigenvalue weighted by Crippen LogP contribution is 2.15. The normalized spacial score (nSPS) is 11.9. The first-order valence-electron chi connectivity index (χ1n) is 6.02. The van der Waals surface area contributed by atoms with E-state index in [1.165, 1.54) is 0 Å². The molecular weight excluding hydrogens is 330 g/mol. The van der Waals surface area contributed by atoms with Crippen LogP contribution in [-0.2, 0) is 16.1 Å². The third kappa shape index (κ3) is 4.37. The predicted octanol–water partition coefficient (Wildman–Crippen LogP) is 0.719. The number of hydrogen-bond donors (Lipinski definition) is 3. The van der Waals surface area contributed by atoms with Gasteiger partial charge in [0, 0.05) is 17.2 Å². The first kappa shape index (κ1) is 16.2. The molecule has 4 N–H and O–H groups in total. The third-order valence-corrected chi connectivity index (χ3v) is 3.00. The molecule has 1 aromatic heterocycles. The molecular formula is C12H16BrN3O4. The number of nitrogens with two attached hydrogens (primary N) is 1. The number of halogens is 1. The molecule has 0 aliphatic carbocycles. The summed E-state index contributed by atoms with van der Waals surface area (Å²) in [6, 6.07) is 0.262. The van der Waals surface area contributed by atoms with Crippen molar-refractivity contribution in [1.29, 1.82) is 0 Å². The van der Waals surface area contributed by atoms with Crippen LogP contribution >= 0.6 is 15.9 Å². The number of aromatic nitrogens is 1. The molecule has 0 bridgehead atoms. The molecule has 0 unspecified atom stereocenters. The summed E-state index contributed by atoms with van der Waals surface area (Å²) in [5.74, 6) is -2.65. The van der Waals surface area contributed by atoms with Gasteiger partial charge in [-0.2, -0.15) is 0 Å². The van der Waals surface area contributed by atoms with Gasteiger partial charge in [0.15, 0.2) is 0 Å². The van der Waals surface area contributed by atoms with E-state index in [9.17, 15) is 14.4 Å². The molecule has 1 aromatic rings. The molecule has 0 saturated carbocycles. The highest BCUT2D eigenvalue weighted by atomic mass is 79.9. The Morgan fingerprint density at radius 1 is 1.50 bits per heavy atom. The van der Waals surface area contributed by atoms with Crippen molar-refractivity contribution in [3.8, 4) is 0 Å². The number of aryl methyl sites for hydroxylation is 1. The van der Waals surface area contributed by atoms with Gasteiger partial charge in [-0.25, -0.2) is 4.79 Å². The van der Waals surface area contributed by atoms with E-state index in [1.807, 2.05) is 6.92 Å². The fraction of sp³-hybridized carbons (Fsp3) is 0.417. The number of carbonyl (C=O) groups excluding carboxylic acids is 2. The largest absolute Gasteiger partial charge is 0.480 e. The van der Waals surface area contributed by atoms with Crippen molar-refractivity contribution in [3.05, 3.63) is 22.4 Å². The molecule has 0 radical (unpaired) electrons. The van der Waals surface area contributed by atoms with Crippen molar-refractivity contribution >= 4 is 33.7 Å². The van der Waals surface area contributed by atoms with Crippen LogP contribution in [0.4, 0.5) is 0 Å². The lowest BCUT2D eigenvalue weighted by atomic mass is 10.2. The Bertz CT molecular complexity index is 527. The zero-order chi connectivity index (χ0) is 15.3. The van der Waals surface area contributed by atoms with Crippen molar-refractivity contribution in [2.24, 2.45) is 5.73 Å². The summed E-state index contributed by atoms with van der Waals surface area (Å²) < 4.78 is 2.43. The van der Waals surface area contributed by atoms with Gasteiger partial charge in [-0.1, -0.05) is 6.92 Å². The average molecular weight is 346 g/mol. The van der Waals surface area contributed by atoms with Crippen molar-refractivity contribution in [2.45, 2.75) is 32.4 Å². The van der Waals surface area contributed by atoms with Crippen molar-refractivity contribution in [1.82, 2.24) is 9.88 Å². The summed E-state index contributed by atoms with van der Waals surface area (Å²) in [7, 11) is 0. The molecule has 110 valence electrons. The average Bonchev–Trinajstić information content (AvgIpc) is 2.69. The van der Waals surface area contributed by atoms with Crippen LogP contribution in [0.5, 0.6) is 0 Å². The minimum absolute atomic E-state index is 0.328. The summed E-state index contributed by atoms with van der Waals surface area (Å²) in [4.78, 5) is 33.9. The van der Waals surface area contributed by atoms with Crippen LogP contribution in [-0.4, -0.2) is 33.5 Å². The SMILES string of the molecule is CCCn1cc(Br)cc1C(=O)N[C@@H](CC(N)=O)C(=O)O. The third-order valence-electron chi connectivity index (χ3n) is 2.57. The predicted molar refractivity (Wildman–Crippen MR) is 75.1 cm³/mol. The van der Waals surface area contributed by atoms with Crippen LogP contribution in [0.15, 0.2) is 16.7 Å². The molecule has 0 saturated heterocycles. The summed E-state index contributed by atoms with van der Waals surface area (Å²) in [5, 5.41) is 11.3. The summed E-state index contributed by atoms with van der Waals surface area (Å²) >= 11 is 3.27. The van der Waals surface area contributed by atoms with Crippen LogP contribution in [0.3, 0.4) is 0 Å². The molecule has 1 atom stereocenters. The standard InChI is InChI=1S/C12H16BrN3O4/c1-2-3-16-6-7(13)4-9(16)11(18)15-8(12(19)20)5-10(14)17/h4,6,8H,2-3,5H2,1H3,(H2,14,17)(H,15,18)(H,19,20)/t8-/m0/s1. The van der Waals surface area contributed by atoms with Crippen LogP contribution in [0, 0.1) is 0 Å². The van der Waals surface area contributed by atoms with Crippen molar-refractivity contribution in [3.63, 3.8) is 0 Å². The van der Waals surface area contributed by atoms with E-state index in [1.54, 1.807) is 16.8 Å². The van der Waals surface area contributed by atoms with E-state index < -0.39 is 30.2 Å². The number of amides is 2. The summed E-state index contributed by atoms with van der Waals surface area (Å²) in [6.45, 7) is 2.59. The Labute approximate surface area is 124 Å². The first-order chi connectivity index (χ1) is 9.35. The molecule has 8 heteroatoms. The molecule has 7 nitrogen and oxygen atoms in total. The number of carboxylic acid groups (broad SMARTS) is 1. The van der Waals surface area contributed by atoms with E-state index >= 15 is 0 Å². The van der Waals surface area contributed by atoms with Gasteiger partial charge in [-0.05, 0) is 28.4 Å². The van der Waals surface area contributed by atoms with Gasteiger partial charge in [0.2, 0.25) is 5.91 Å². The van der Waals surface area contributed by atoms with E-state index in [-0.39, 0.29) is 0 Å². The summed E-state index contributed by atoms with van der Waals surface area (Å²) in [6.07, 6.45) is 2.12. The molecule has 0 aromatic carbocycles. The Morgan fingerprint density at radius 2 is 2.15 bits per heavy atom. The van der Waals surface area contributed by atoms with Gasteiger partial charge in [0.1, 0.15) is 11.7 Å². The highest BCUT2D eigenvalue weighted by molar-refractivity contribution is 9.10. The number of nitrogens with zero attached hydrogens (tertiary/aromatic N) is 1. The molecule has 20 heavy (non-hydrogen) atoms. The zero-order valence-electron chi connectivity index (χ0n) is 10.9. The Kier molecular flexibility index (Phi) is 5.75. The van der Waals surface area contributed by atoms with E-state index in [4.69, 9.17) is 10.8 Å². The van der Waals surface area contributed by atoms with Crippen LogP contribution < -0.4 is 11.1 Å². The number of nitrogens with one attached hydrogen (secondary N) is 1. The number of rotatable bonds is 7. The molecule has 1 rings (SSSR count). The first-order valence-corrected chi connectivity index (χ1v) is 6.82. The van der Waals surface area contributed by atoms with Gasteiger partial charge in [-0.3, -0.25) is 9.59 Å². The maximum atomic E-state index is 12.1. The highest BCUT2D eigenvalue weighted by Gasteiger charge is 2.24. The number of carboxylic acids is 1. The van der Waals surface area contributed by atoms with Gasteiger partial charge in [-0.15, -0.1) is 0 Å². The Balaban J connectivity index is 2.88. The molecule has 0 spiro atoms. The van der Waals surface area contributed by atoms with Crippen molar-refractivity contribution < 1.29 is 19.5 Å². The van der Waals surface area contributed by atoms with Crippen LogP contribution in [0.1, 0.15) is 30.3 Å². The monoisotopic (exact) mass is 345 g/mol. The van der Waals surface area contributed by atoms with E-state index in [0.29, 0.717) is 12.2 Å². The summed E-state index contributed by atoms with van der Waals surface area (Å²) in [5.41, 5.74) is 5.29. The lowest BCUT2D eigenvalue weighted by Gasteiger charge is -2.14. The maximum absolute atomic E-state index is 12.1. The fourth-order valence-corrected chi connectivity index (χ4v) is 2.19. The quantitative estimate of drug-likeness (QED) is 0.675. The number of carbonyl (C=O) groups is 3. The van der Waals surface area contributed by atoms with Gasteiger partial charge >= 0.3 is 5.97 Å². The van der Waals surface area contributed by atoms with Crippen LogP contribution in [0.2, 0.25) is 0 Å². The second-order valence-electron chi connectivity index (χ2n) is 4.27. The minimum atomic E-state index is -1.33. The number of aliphatic carboxylic acids is 1.